The van der Waals surface area contributed by atoms with Crippen LogP contribution < -0.4 is 4.74 Å². The molecule has 7 nitrogen and oxygen atoms in total. The number of carbonyl (C=O) groups excluding carboxylic acids is 1. The van der Waals surface area contributed by atoms with Crippen molar-refractivity contribution in [3.8, 4) is 5.75 Å². The zero-order chi connectivity index (χ0) is 20.5. The quantitative estimate of drug-likeness (QED) is 0.441. The van der Waals surface area contributed by atoms with Gasteiger partial charge >= 0.3 is 0 Å². The first kappa shape index (κ1) is 19.0. The minimum absolute atomic E-state index is 0.0917. The maximum atomic E-state index is 13.1. The summed E-state index contributed by atoms with van der Waals surface area (Å²) >= 11 is 2.98. The molecule has 0 radical (unpaired) electrons. The molecule has 9 heteroatoms. The van der Waals surface area contributed by atoms with Crippen LogP contribution in [-0.2, 0) is 4.79 Å². The third-order valence-corrected chi connectivity index (χ3v) is 6.62. The number of benzene rings is 1. The van der Waals surface area contributed by atoms with E-state index in [1.165, 1.54) is 11.8 Å². The van der Waals surface area contributed by atoms with Crippen LogP contribution in [0, 0.1) is 0 Å². The van der Waals surface area contributed by atoms with Gasteiger partial charge < -0.3 is 14.1 Å². The Labute approximate surface area is 180 Å². The van der Waals surface area contributed by atoms with Crippen molar-refractivity contribution in [3.63, 3.8) is 0 Å². The standard InChI is InChI=1S/C21H18N4O3S2/c1-27-13-6-7-14-15(10-13)23-21(22-14)30-12-20(26)25-17(18-4-2-8-28-18)11-16(24-25)19-5-3-9-29-19/h2-10,17H,11-12H2,1H3,(H,22,23)/t17-/m0/s1. The lowest BCUT2D eigenvalue weighted by molar-refractivity contribution is -0.130. The van der Waals surface area contributed by atoms with Crippen molar-refractivity contribution in [1.29, 1.82) is 0 Å². The number of fused-ring (bicyclic) bond motifs is 1. The molecule has 5 rings (SSSR count). The number of ether oxygens (including phenoxy) is 1. The first-order valence-corrected chi connectivity index (χ1v) is 11.2. The largest absolute Gasteiger partial charge is 0.497 e. The Bertz CT molecular complexity index is 1200. The number of thiophene rings is 1. The van der Waals surface area contributed by atoms with Crippen LogP contribution in [0.15, 0.2) is 68.8 Å². The lowest BCUT2D eigenvalue weighted by atomic mass is 10.1. The molecule has 0 fully saturated rings. The zero-order valence-electron chi connectivity index (χ0n) is 16.1. The fourth-order valence-electron chi connectivity index (χ4n) is 3.39. The van der Waals surface area contributed by atoms with Gasteiger partial charge in [-0.3, -0.25) is 4.79 Å². The lowest BCUT2D eigenvalue weighted by Gasteiger charge is -2.19. The number of rotatable bonds is 6. The number of methoxy groups -OCH3 is 1. The number of aromatic amines is 1. The summed E-state index contributed by atoms with van der Waals surface area (Å²) in [5.41, 5.74) is 2.61. The molecule has 0 spiro atoms. The minimum atomic E-state index is -0.231. The fourth-order valence-corrected chi connectivity index (χ4v) is 4.85. The smallest absolute Gasteiger partial charge is 0.253 e. The van der Waals surface area contributed by atoms with Crippen LogP contribution in [-0.4, -0.2) is 39.5 Å². The summed E-state index contributed by atoms with van der Waals surface area (Å²) in [5, 5.41) is 8.88. The van der Waals surface area contributed by atoms with Gasteiger partial charge in [-0.15, -0.1) is 11.3 Å². The summed E-state index contributed by atoms with van der Waals surface area (Å²) in [4.78, 5) is 21.9. The molecule has 1 aliphatic rings. The lowest BCUT2D eigenvalue weighted by Crippen LogP contribution is -2.28. The second-order valence-corrected chi connectivity index (χ2v) is 8.62. The van der Waals surface area contributed by atoms with Crippen molar-refractivity contribution in [3.05, 3.63) is 64.7 Å². The number of hydrogen-bond acceptors (Lipinski definition) is 7. The van der Waals surface area contributed by atoms with E-state index in [2.05, 4.69) is 15.1 Å². The number of hydrazone groups is 1. The van der Waals surface area contributed by atoms with Crippen molar-refractivity contribution in [1.82, 2.24) is 15.0 Å². The maximum Gasteiger partial charge on any atom is 0.253 e. The van der Waals surface area contributed by atoms with E-state index in [0.717, 1.165) is 33.1 Å². The average molecular weight is 439 g/mol. The van der Waals surface area contributed by atoms with Gasteiger partial charge in [0.1, 0.15) is 17.6 Å². The number of nitrogens with one attached hydrogen (secondary N) is 1. The molecule has 30 heavy (non-hydrogen) atoms. The van der Waals surface area contributed by atoms with Gasteiger partial charge in [0.15, 0.2) is 5.16 Å². The third kappa shape index (κ3) is 3.61. The number of aromatic nitrogens is 2. The van der Waals surface area contributed by atoms with E-state index in [1.807, 2.05) is 47.8 Å². The van der Waals surface area contributed by atoms with E-state index >= 15 is 0 Å². The number of carbonyl (C=O) groups is 1. The molecule has 0 unspecified atom stereocenters. The van der Waals surface area contributed by atoms with Crippen LogP contribution in [0.4, 0.5) is 0 Å². The molecule has 0 bridgehead atoms. The molecule has 4 aromatic rings. The summed E-state index contributed by atoms with van der Waals surface area (Å²) in [7, 11) is 1.63. The topological polar surface area (TPSA) is 83.7 Å². The van der Waals surface area contributed by atoms with E-state index < -0.39 is 0 Å². The Hall–Kier alpha value is -3.04. The Morgan fingerprint density at radius 3 is 3.07 bits per heavy atom. The van der Waals surface area contributed by atoms with Crippen LogP contribution in [0.25, 0.3) is 11.0 Å². The Kier molecular flexibility index (Phi) is 5.06. The van der Waals surface area contributed by atoms with E-state index in [9.17, 15) is 4.79 Å². The second kappa shape index (κ2) is 8.00. The molecule has 1 aromatic carbocycles. The van der Waals surface area contributed by atoms with Crippen LogP contribution in [0.5, 0.6) is 5.75 Å². The molecule has 1 amide bonds. The van der Waals surface area contributed by atoms with E-state index in [-0.39, 0.29) is 17.7 Å². The molecule has 152 valence electrons. The molecular formula is C21H18N4O3S2. The Morgan fingerprint density at radius 2 is 2.30 bits per heavy atom. The predicted octanol–water partition coefficient (Wildman–Crippen LogP) is 4.70. The predicted molar refractivity (Wildman–Crippen MR) is 117 cm³/mol. The third-order valence-electron chi connectivity index (χ3n) is 4.84. The molecule has 1 aliphatic heterocycles. The zero-order valence-corrected chi connectivity index (χ0v) is 17.7. The SMILES string of the molecule is COc1ccc2nc(SCC(=O)N3N=C(c4cccs4)C[C@H]3c3ccco3)[nH]c2c1. The molecular weight excluding hydrogens is 420 g/mol. The van der Waals surface area contributed by atoms with Crippen molar-refractivity contribution < 1.29 is 13.9 Å². The average Bonchev–Trinajstić information content (AvgIpc) is 3.55. The summed E-state index contributed by atoms with van der Waals surface area (Å²) < 4.78 is 10.8. The molecule has 1 atom stereocenters. The van der Waals surface area contributed by atoms with Gasteiger partial charge in [-0.2, -0.15) is 5.10 Å². The number of amides is 1. The molecule has 0 saturated carbocycles. The van der Waals surface area contributed by atoms with Gasteiger partial charge in [-0.05, 0) is 35.7 Å². The van der Waals surface area contributed by atoms with Crippen molar-refractivity contribution in [2.45, 2.75) is 17.6 Å². The number of thioether (sulfide) groups is 1. The highest BCUT2D eigenvalue weighted by atomic mass is 32.2. The molecule has 0 saturated heterocycles. The van der Waals surface area contributed by atoms with Crippen molar-refractivity contribution >= 4 is 45.8 Å². The van der Waals surface area contributed by atoms with Crippen LogP contribution in [0.2, 0.25) is 0 Å². The van der Waals surface area contributed by atoms with Gasteiger partial charge in [0.05, 0.1) is 40.7 Å². The molecule has 0 aliphatic carbocycles. The molecule has 4 heterocycles. The van der Waals surface area contributed by atoms with Crippen LogP contribution >= 0.6 is 23.1 Å². The fraction of sp³-hybridized carbons (Fsp3) is 0.190. The molecule has 3 aromatic heterocycles. The Morgan fingerprint density at radius 1 is 1.37 bits per heavy atom. The van der Waals surface area contributed by atoms with E-state index in [4.69, 9.17) is 9.15 Å². The number of imidazole rings is 1. The Balaban J connectivity index is 1.34. The van der Waals surface area contributed by atoms with E-state index in [0.29, 0.717) is 11.6 Å². The maximum absolute atomic E-state index is 13.1. The van der Waals surface area contributed by atoms with Crippen LogP contribution in [0.3, 0.4) is 0 Å². The van der Waals surface area contributed by atoms with Gasteiger partial charge in [-0.25, -0.2) is 9.99 Å². The van der Waals surface area contributed by atoms with Gasteiger partial charge in [0.25, 0.3) is 5.91 Å². The second-order valence-electron chi connectivity index (χ2n) is 6.71. The summed E-state index contributed by atoms with van der Waals surface area (Å²) in [5.74, 6) is 1.62. The highest BCUT2D eigenvalue weighted by Crippen LogP contribution is 2.35. The number of furan rings is 1. The first-order valence-electron chi connectivity index (χ1n) is 9.34. The first-order chi connectivity index (χ1) is 14.7. The van der Waals surface area contributed by atoms with Gasteiger partial charge in [0.2, 0.25) is 0 Å². The number of H-pyrrole nitrogens is 1. The van der Waals surface area contributed by atoms with Gasteiger partial charge in [0, 0.05) is 12.5 Å². The summed E-state index contributed by atoms with van der Waals surface area (Å²) in [6, 6.07) is 13.1. The van der Waals surface area contributed by atoms with Crippen molar-refractivity contribution in [2.75, 3.05) is 12.9 Å². The number of hydrogen-bond donors (Lipinski definition) is 1. The van der Waals surface area contributed by atoms with E-state index in [1.54, 1.807) is 29.7 Å². The summed E-state index contributed by atoms with van der Waals surface area (Å²) in [6.45, 7) is 0. The van der Waals surface area contributed by atoms with Gasteiger partial charge in [-0.1, -0.05) is 17.8 Å². The van der Waals surface area contributed by atoms with Crippen LogP contribution in [0.1, 0.15) is 23.1 Å². The molecule has 1 N–H and O–H groups in total. The van der Waals surface area contributed by atoms with Crippen molar-refractivity contribution in [2.24, 2.45) is 5.10 Å². The minimum Gasteiger partial charge on any atom is -0.497 e. The highest BCUT2D eigenvalue weighted by molar-refractivity contribution is 7.99. The normalized spacial score (nSPS) is 16.2. The summed E-state index contributed by atoms with van der Waals surface area (Å²) in [6.07, 6.45) is 2.26. The monoisotopic (exact) mass is 438 g/mol. The highest BCUT2D eigenvalue weighted by Gasteiger charge is 2.35. The number of nitrogens with zero attached hydrogens (tertiary/aromatic N) is 3.